The van der Waals surface area contributed by atoms with E-state index < -0.39 is 4.92 Å². The maximum absolute atomic E-state index is 10.6. The number of hydrogen-bond acceptors (Lipinski definition) is 5. The molecule has 1 aromatic carbocycles. The van der Waals surface area contributed by atoms with E-state index in [2.05, 4.69) is 4.98 Å². The molecule has 0 saturated carbocycles. The molecule has 0 fully saturated rings. The van der Waals surface area contributed by atoms with Gasteiger partial charge in [-0.05, 0) is 6.07 Å². The quantitative estimate of drug-likeness (QED) is 0.578. The lowest BCUT2D eigenvalue weighted by Gasteiger charge is -2.04. The molecule has 0 radical (unpaired) electrons. The van der Waals surface area contributed by atoms with Gasteiger partial charge in [-0.1, -0.05) is 11.3 Å². The number of non-ortho nitro benzene ring substituents is 1. The SMILES string of the molecule is CN(C)c1nc2cc([N+](=O)[O-])ccc2s1. The molecule has 2 aromatic rings. The number of nitro benzene ring substituents is 1. The van der Waals surface area contributed by atoms with Crippen LogP contribution in [0.15, 0.2) is 18.2 Å². The van der Waals surface area contributed by atoms with Gasteiger partial charge in [0.2, 0.25) is 0 Å². The van der Waals surface area contributed by atoms with Crippen LogP contribution < -0.4 is 4.90 Å². The van der Waals surface area contributed by atoms with E-state index in [-0.39, 0.29) is 5.69 Å². The number of fused-ring (bicyclic) bond motifs is 1. The third kappa shape index (κ3) is 1.75. The molecule has 0 aliphatic heterocycles. The summed E-state index contributed by atoms with van der Waals surface area (Å²) in [6, 6.07) is 4.73. The third-order valence-electron chi connectivity index (χ3n) is 1.95. The lowest BCUT2D eigenvalue weighted by molar-refractivity contribution is -0.384. The number of thiazole rings is 1. The van der Waals surface area contributed by atoms with Crippen LogP contribution in [0.3, 0.4) is 0 Å². The van der Waals surface area contributed by atoms with Gasteiger partial charge in [0.15, 0.2) is 5.13 Å². The summed E-state index contributed by atoms with van der Waals surface area (Å²) in [6.45, 7) is 0. The van der Waals surface area contributed by atoms with Crippen molar-refractivity contribution in [3.8, 4) is 0 Å². The van der Waals surface area contributed by atoms with Crippen LogP contribution in [-0.2, 0) is 0 Å². The summed E-state index contributed by atoms with van der Waals surface area (Å²) in [7, 11) is 3.79. The highest BCUT2D eigenvalue weighted by atomic mass is 32.1. The Kier molecular flexibility index (Phi) is 2.28. The molecular weight excluding hydrogens is 214 g/mol. The van der Waals surface area contributed by atoms with Crippen LogP contribution in [-0.4, -0.2) is 24.0 Å². The molecule has 0 saturated heterocycles. The van der Waals surface area contributed by atoms with E-state index in [1.807, 2.05) is 19.0 Å². The zero-order chi connectivity index (χ0) is 11.0. The Hall–Kier alpha value is -1.69. The highest BCUT2D eigenvalue weighted by Crippen LogP contribution is 2.29. The molecule has 6 heteroatoms. The molecule has 0 spiro atoms. The van der Waals surface area contributed by atoms with Crippen LogP contribution in [0.25, 0.3) is 10.2 Å². The summed E-state index contributed by atoms with van der Waals surface area (Å²) in [5, 5.41) is 11.4. The predicted molar refractivity (Wildman–Crippen MR) is 60.6 cm³/mol. The maximum atomic E-state index is 10.6. The standard InChI is InChI=1S/C9H9N3O2S/c1-11(2)9-10-7-5-6(12(13)14)3-4-8(7)15-9/h3-5H,1-2H3. The van der Waals surface area contributed by atoms with Gasteiger partial charge < -0.3 is 4.90 Å². The molecule has 0 amide bonds. The fourth-order valence-corrected chi connectivity index (χ4v) is 2.08. The normalized spacial score (nSPS) is 10.5. The second-order valence-corrected chi connectivity index (χ2v) is 4.31. The van der Waals surface area contributed by atoms with Gasteiger partial charge in [0.25, 0.3) is 5.69 Å². The van der Waals surface area contributed by atoms with Crippen molar-refractivity contribution >= 4 is 32.4 Å². The minimum absolute atomic E-state index is 0.0816. The summed E-state index contributed by atoms with van der Waals surface area (Å²) < 4.78 is 0.962. The average molecular weight is 223 g/mol. The summed E-state index contributed by atoms with van der Waals surface area (Å²) in [5.74, 6) is 0. The number of rotatable bonds is 2. The van der Waals surface area contributed by atoms with E-state index in [4.69, 9.17) is 0 Å². The van der Waals surface area contributed by atoms with Gasteiger partial charge in [0.05, 0.1) is 15.1 Å². The molecule has 0 unspecified atom stereocenters. The van der Waals surface area contributed by atoms with Crippen molar-refractivity contribution in [3.63, 3.8) is 0 Å². The Labute approximate surface area is 90.1 Å². The van der Waals surface area contributed by atoms with Gasteiger partial charge in [-0.15, -0.1) is 0 Å². The topological polar surface area (TPSA) is 59.3 Å². The molecule has 0 atom stereocenters. The van der Waals surface area contributed by atoms with Gasteiger partial charge in [-0.25, -0.2) is 4.98 Å². The first-order chi connectivity index (χ1) is 7.08. The monoisotopic (exact) mass is 223 g/mol. The molecule has 1 aromatic heterocycles. The smallest absolute Gasteiger partial charge is 0.271 e. The predicted octanol–water partition coefficient (Wildman–Crippen LogP) is 2.27. The molecule has 0 aliphatic rings. The van der Waals surface area contributed by atoms with Crippen LogP contribution >= 0.6 is 11.3 Å². The Morgan fingerprint density at radius 3 is 2.80 bits per heavy atom. The van der Waals surface area contributed by atoms with E-state index in [0.29, 0.717) is 5.52 Å². The van der Waals surface area contributed by atoms with Gasteiger partial charge in [-0.2, -0.15) is 0 Å². The zero-order valence-corrected chi connectivity index (χ0v) is 9.11. The van der Waals surface area contributed by atoms with E-state index >= 15 is 0 Å². The van der Waals surface area contributed by atoms with Gasteiger partial charge in [0, 0.05) is 26.2 Å². The number of aromatic nitrogens is 1. The second-order valence-electron chi connectivity index (χ2n) is 3.30. The lowest BCUT2D eigenvalue weighted by atomic mass is 10.3. The fraction of sp³-hybridized carbons (Fsp3) is 0.222. The largest absolute Gasteiger partial charge is 0.354 e. The van der Waals surface area contributed by atoms with Crippen molar-refractivity contribution in [3.05, 3.63) is 28.3 Å². The van der Waals surface area contributed by atoms with E-state index in [1.165, 1.54) is 23.5 Å². The van der Waals surface area contributed by atoms with E-state index in [9.17, 15) is 10.1 Å². The highest BCUT2D eigenvalue weighted by molar-refractivity contribution is 7.22. The molecule has 2 rings (SSSR count). The van der Waals surface area contributed by atoms with Crippen LogP contribution in [0.5, 0.6) is 0 Å². The molecule has 0 bridgehead atoms. The minimum atomic E-state index is -0.409. The second kappa shape index (κ2) is 3.47. The summed E-state index contributed by atoms with van der Waals surface area (Å²) in [6.07, 6.45) is 0. The molecule has 15 heavy (non-hydrogen) atoms. The van der Waals surface area contributed by atoms with Gasteiger partial charge in [-0.3, -0.25) is 10.1 Å². The Morgan fingerprint density at radius 1 is 1.47 bits per heavy atom. The van der Waals surface area contributed by atoms with Crippen molar-refractivity contribution in [2.24, 2.45) is 0 Å². The minimum Gasteiger partial charge on any atom is -0.354 e. The highest BCUT2D eigenvalue weighted by Gasteiger charge is 2.10. The van der Waals surface area contributed by atoms with Crippen molar-refractivity contribution in [2.75, 3.05) is 19.0 Å². The van der Waals surface area contributed by atoms with Gasteiger partial charge >= 0.3 is 0 Å². The average Bonchev–Trinajstić information content (AvgIpc) is 2.59. The Bertz CT molecular complexity index is 521. The van der Waals surface area contributed by atoms with Crippen LogP contribution in [0, 0.1) is 10.1 Å². The first-order valence-corrected chi connectivity index (χ1v) is 5.12. The zero-order valence-electron chi connectivity index (χ0n) is 8.30. The maximum Gasteiger partial charge on any atom is 0.271 e. The van der Waals surface area contributed by atoms with Crippen LogP contribution in [0.2, 0.25) is 0 Å². The van der Waals surface area contributed by atoms with Crippen molar-refractivity contribution < 1.29 is 4.92 Å². The molecule has 5 nitrogen and oxygen atoms in total. The van der Waals surface area contributed by atoms with Crippen molar-refractivity contribution in [1.29, 1.82) is 0 Å². The molecule has 0 N–H and O–H groups in total. The van der Waals surface area contributed by atoms with Crippen molar-refractivity contribution in [2.45, 2.75) is 0 Å². The lowest BCUT2D eigenvalue weighted by Crippen LogP contribution is -2.07. The first kappa shape index (κ1) is 9.85. The van der Waals surface area contributed by atoms with Crippen molar-refractivity contribution in [1.82, 2.24) is 4.98 Å². The summed E-state index contributed by atoms with van der Waals surface area (Å²) in [5.41, 5.74) is 0.760. The van der Waals surface area contributed by atoms with Gasteiger partial charge in [0.1, 0.15) is 0 Å². The molecular formula is C9H9N3O2S. The summed E-state index contributed by atoms with van der Waals surface area (Å²) >= 11 is 1.52. The van der Waals surface area contributed by atoms with E-state index in [1.54, 1.807) is 6.07 Å². The molecule has 1 heterocycles. The van der Waals surface area contributed by atoms with Crippen LogP contribution in [0.1, 0.15) is 0 Å². The number of benzene rings is 1. The third-order valence-corrected chi connectivity index (χ3v) is 3.16. The molecule has 0 aliphatic carbocycles. The first-order valence-electron chi connectivity index (χ1n) is 4.30. The number of anilines is 1. The Morgan fingerprint density at radius 2 is 2.20 bits per heavy atom. The number of nitro groups is 1. The fourth-order valence-electron chi connectivity index (χ4n) is 1.21. The van der Waals surface area contributed by atoms with Crippen LogP contribution in [0.4, 0.5) is 10.8 Å². The Balaban J connectivity index is 2.57. The number of nitrogens with zero attached hydrogens (tertiary/aromatic N) is 3. The summed E-state index contributed by atoms with van der Waals surface area (Å²) in [4.78, 5) is 16.3. The molecule has 78 valence electrons. The number of hydrogen-bond donors (Lipinski definition) is 0. The van der Waals surface area contributed by atoms with E-state index in [0.717, 1.165) is 9.83 Å².